The van der Waals surface area contributed by atoms with Gasteiger partial charge in [0.05, 0.1) is 6.10 Å². The number of likely N-dealkylation sites (tertiary alicyclic amines) is 1. The lowest BCUT2D eigenvalue weighted by Crippen LogP contribution is -2.69. The fraction of sp³-hybridized carbons (Fsp3) is 0.917. The molecule has 44 heavy (non-hydrogen) atoms. The van der Waals surface area contributed by atoms with Gasteiger partial charge in [0.15, 0.2) is 0 Å². The first-order valence-corrected chi connectivity index (χ1v) is 17.5. The molecule has 8 nitrogen and oxygen atoms in total. The summed E-state index contributed by atoms with van der Waals surface area (Å²) < 4.78 is 17.3. The molecule has 9 atom stereocenters. The van der Waals surface area contributed by atoms with Crippen LogP contribution < -0.4 is 0 Å². The molecule has 4 saturated carbocycles. The van der Waals surface area contributed by atoms with Gasteiger partial charge in [0.1, 0.15) is 24.7 Å². The second-order valence-electron chi connectivity index (χ2n) is 16.5. The van der Waals surface area contributed by atoms with Crippen LogP contribution in [0.1, 0.15) is 119 Å². The third-order valence-electron chi connectivity index (χ3n) is 14.3. The number of hydrogen-bond acceptors (Lipinski definition) is 8. The summed E-state index contributed by atoms with van der Waals surface area (Å²) in [5, 5.41) is 12.3. The number of fused-ring (bicyclic) bond motifs is 5. The molecule has 5 rings (SSSR count). The van der Waals surface area contributed by atoms with Crippen LogP contribution in [0, 0.1) is 44.8 Å². The van der Waals surface area contributed by atoms with E-state index in [4.69, 9.17) is 14.2 Å². The van der Waals surface area contributed by atoms with Crippen LogP contribution in [0.2, 0.25) is 0 Å². The molecule has 0 unspecified atom stereocenters. The van der Waals surface area contributed by atoms with Crippen molar-refractivity contribution in [2.45, 2.75) is 131 Å². The van der Waals surface area contributed by atoms with Crippen molar-refractivity contribution in [1.82, 2.24) is 4.90 Å². The van der Waals surface area contributed by atoms with Crippen LogP contribution in [-0.2, 0) is 28.6 Å². The zero-order valence-electron chi connectivity index (χ0n) is 28.5. The van der Waals surface area contributed by atoms with E-state index in [2.05, 4.69) is 39.5 Å². The van der Waals surface area contributed by atoms with E-state index in [-0.39, 0.29) is 46.3 Å². The summed E-state index contributed by atoms with van der Waals surface area (Å²) in [7, 11) is 0. The first-order valence-electron chi connectivity index (χ1n) is 17.5. The molecule has 0 aromatic heterocycles. The number of carbonyl (C=O) groups is 3. The Hall–Kier alpha value is -1.67. The minimum Gasteiger partial charge on any atom is -0.465 e. The Kier molecular flexibility index (Phi) is 9.32. The monoisotopic (exact) mass is 617 g/mol. The van der Waals surface area contributed by atoms with E-state index in [1.54, 1.807) is 0 Å². The quantitative estimate of drug-likeness (QED) is 0.277. The van der Waals surface area contributed by atoms with E-state index in [1.165, 1.54) is 33.1 Å². The van der Waals surface area contributed by atoms with Gasteiger partial charge in [0.25, 0.3) is 0 Å². The van der Waals surface area contributed by atoms with Crippen LogP contribution in [0.25, 0.3) is 0 Å². The number of ether oxygens (including phenoxy) is 3. The third kappa shape index (κ3) is 5.42. The predicted molar refractivity (Wildman–Crippen MR) is 167 cm³/mol. The average molecular weight is 618 g/mol. The Morgan fingerprint density at radius 1 is 0.773 bits per heavy atom. The highest BCUT2D eigenvalue weighted by molar-refractivity contribution is 5.79. The maximum Gasteiger partial charge on any atom is 0.318 e. The number of piperidine rings is 1. The molecule has 0 spiro atoms. The second-order valence-corrected chi connectivity index (χ2v) is 16.5. The van der Waals surface area contributed by atoms with Gasteiger partial charge in [-0.2, -0.15) is 0 Å². The summed E-state index contributed by atoms with van der Waals surface area (Å²) in [5.41, 5.74) is -1.44. The number of hydrogen-bond donors (Lipinski definition) is 1. The van der Waals surface area contributed by atoms with Gasteiger partial charge in [-0.1, -0.05) is 41.0 Å². The van der Waals surface area contributed by atoms with Gasteiger partial charge in [0.2, 0.25) is 0 Å². The Morgan fingerprint density at radius 3 is 2.14 bits per heavy atom. The number of nitrogens with zero attached hydrogens (tertiary/aromatic N) is 1. The predicted octanol–water partition coefficient (Wildman–Crippen LogP) is 5.93. The molecule has 1 aliphatic heterocycles. The molecule has 0 radical (unpaired) electrons. The van der Waals surface area contributed by atoms with Gasteiger partial charge < -0.3 is 19.3 Å². The Bertz CT molecular complexity index is 1100. The van der Waals surface area contributed by atoms with Crippen molar-refractivity contribution in [3.8, 4) is 0 Å². The molecule has 0 bridgehead atoms. The number of aliphatic hydroxyl groups excluding tert-OH is 1. The summed E-state index contributed by atoms with van der Waals surface area (Å²) in [5.74, 6) is -0.235. The van der Waals surface area contributed by atoms with Crippen LogP contribution >= 0.6 is 0 Å². The second kappa shape index (κ2) is 12.2. The smallest absolute Gasteiger partial charge is 0.318 e. The van der Waals surface area contributed by atoms with Gasteiger partial charge in [-0.05, 0) is 111 Å². The van der Waals surface area contributed by atoms with Crippen LogP contribution in [0.15, 0.2) is 0 Å². The number of carbonyl (C=O) groups excluding carboxylic acids is 3. The molecule has 0 aromatic carbocycles. The van der Waals surface area contributed by atoms with Crippen molar-refractivity contribution in [1.29, 1.82) is 0 Å². The van der Waals surface area contributed by atoms with E-state index >= 15 is 0 Å². The largest absolute Gasteiger partial charge is 0.465 e. The molecule has 5 fully saturated rings. The Morgan fingerprint density at radius 2 is 1.48 bits per heavy atom. The third-order valence-corrected chi connectivity index (χ3v) is 14.3. The fourth-order valence-corrected chi connectivity index (χ4v) is 11.6. The lowest BCUT2D eigenvalue weighted by Gasteiger charge is -2.72. The minimum absolute atomic E-state index is 0.0156. The molecular weight excluding hydrogens is 558 g/mol. The number of aliphatic hydroxyl groups is 1. The van der Waals surface area contributed by atoms with Crippen molar-refractivity contribution in [2.75, 3.05) is 32.8 Å². The van der Waals surface area contributed by atoms with Crippen molar-refractivity contribution < 1.29 is 33.7 Å². The summed E-state index contributed by atoms with van der Waals surface area (Å²) in [6.45, 7) is 17.7. The van der Waals surface area contributed by atoms with E-state index in [1.807, 2.05) is 0 Å². The van der Waals surface area contributed by atoms with Gasteiger partial charge >= 0.3 is 17.9 Å². The van der Waals surface area contributed by atoms with E-state index in [0.717, 1.165) is 58.0 Å². The average Bonchev–Trinajstić information content (AvgIpc) is 2.95. The van der Waals surface area contributed by atoms with E-state index in [9.17, 15) is 19.5 Å². The van der Waals surface area contributed by atoms with Crippen LogP contribution in [0.5, 0.6) is 0 Å². The molecule has 1 saturated heterocycles. The number of esters is 3. The van der Waals surface area contributed by atoms with E-state index in [0.29, 0.717) is 31.4 Å². The molecule has 1 heterocycles. The van der Waals surface area contributed by atoms with Gasteiger partial charge in [-0.25, -0.2) is 0 Å². The zero-order valence-corrected chi connectivity index (χ0v) is 28.5. The molecule has 0 amide bonds. The summed E-state index contributed by atoms with van der Waals surface area (Å²) in [4.78, 5) is 40.2. The maximum absolute atomic E-state index is 13.9. The zero-order chi connectivity index (χ0) is 32.1. The number of rotatable bonds is 7. The highest BCUT2D eigenvalue weighted by Gasteiger charge is 2.71. The van der Waals surface area contributed by atoms with E-state index < -0.39 is 23.5 Å². The highest BCUT2D eigenvalue weighted by atomic mass is 16.6. The molecule has 0 aromatic rings. The minimum atomic E-state index is -1.24. The van der Waals surface area contributed by atoms with Crippen molar-refractivity contribution in [2.24, 2.45) is 44.8 Å². The summed E-state index contributed by atoms with van der Waals surface area (Å²) >= 11 is 0. The van der Waals surface area contributed by atoms with Crippen molar-refractivity contribution >= 4 is 17.9 Å². The van der Waals surface area contributed by atoms with Gasteiger partial charge in [0, 0.05) is 25.8 Å². The first kappa shape index (κ1) is 33.7. The van der Waals surface area contributed by atoms with Gasteiger partial charge in [-0.15, -0.1) is 0 Å². The fourth-order valence-electron chi connectivity index (χ4n) is 11.6. The Balaban J connectivity index is 1.37. The normalized spacial score (nSPS) is 43.5. The molecular formula is C36H59NO7. The highest BCUT2D eigenvalue weighted by Crippen LogP contribution is 2.75. The lowest BCUT2D eigenvalue weighted by molar-refractivity contribution is -0.262. The van der Waals surface area contributed by atoms with Crippen molar-refractivity contribution in [3.63, 3.8) is 0 Å². The van der Waals surface area contributed by atoms with Crippen LogP contribution in [0.3, 0.4) is 0 Å². The molecule has 1 N–H and O–H groups in total. The van der Waals surface area contributed by atoms with Crippen LogP contribution in [0.4, 0.5) is 0 Å². The molecule has 5 aliphatic rings. The summed E-state index contributed by atoms with van der Waals surface area (Å²) in [6, 6.07) is 0. The molecule has 4 aliphatic carbocycles. The van der Waals surface area contributed by atoms with Gasteiger partial charge in [-0.3, -0.25) is 19.3 Å². The molecule has 250 valence electrons. The van der Waals surface area contributed by atoms with Crippen molar-refractivity contribution in [3.05, 3.63) is 0 Å². The SMILES string of the molecule is CC(=O)OC[C@@]1(C(=O)OCCN2CCCCC2)CC[C@]2(C)[C@H](CC[C@@H]3[C@@]4(C)CC[C@H](OC(C)=O)C(C)(C)[C@@H]4CC[C@]32C)[C@@H]1O. The Labute approximate surface area is 265 Å². The standard InChI is InChI=1S/C36H59NO7/c1-24(38)43-23-36(31(41)42-22-21-37-19-9-8-10-20-37)18-17-34(6)26(30(36)40)11-12-28-33(5)15-14-29(44-25(2)39)32(3,4)27(33)13-16-35(28,34)7/h26-30,40H,8-23H2,1-7H3/t26-,27+,28-,29+,30+,33+,34-,35-,36+/m1/s1. The lowest BCUT2D eigenvalue weighted by atomic mass is 9.33. The maximum atomic E-state index is 13.9. The topological polar surface area (TPSA) is 102 Å². The van der Waals surface area contributed by atoms with Crippen LogP contribution in [-0.4, -0.2) is 73.0 Å². The first-order chi connectivity index (χ1) is 20.6. The molecule has 8 heteroatoms. The summed E-state index contributed by atoms with van der Waals surface area (Å²) in [6.07, 6.45) is 9.65.